The molecule has 0 fully saturated rings. The van der Waals surface area contributed by atoms with Crippen LogP contribution in [0.2, 0.25) is 0 Å². The van der Waals surface area contributed by atoms with E-state index in [1.807, 2.05) is 37.3 Å². The van der Waals surface area contributed by atoms with Crippen LogP contribution in [0.4, 0.5) is 0 Å². The van der Waals surface area contributed by atoms with E-state index in [1.54, 1.807) is 6.20 Å². The Morgan fingerprint density at radius 1 is 1.31 bits per heavy atom. The third kappa shape index (κ3) is 1.87. The van der Waals surface area contributed by atoms with Gasteiger partial charge in [0.2, 0.25) is 0 Å². The van der Waals surface area contributed by atoms with Gasteiger partial charge in [-0.2, -0.15) is 5.26 Å². The fourth-order valence-corrected chi connectivity index (χ4v) is 1.61. The lowest BCUT2D eigenvalue weighted by atomic mass is 10.0. The molecular weight excluding hydrogens is 196 g/mol. The van der Waals surface area contributed by atoms with Gasteiger partial charge in [0.15, 0.2) is 0 Å². The van der Waals surface area contributed by atoms with Crippen LogP contribution in [0.3, 0.4) is 0 Å². The zero-order chi connectivity index (χ0) is 11.4. The second-order valence-corrected chi connectivity index (χ2v) is 3.45. The topological polar surface area (TPSA) is 36.7 Å². The first-order valence-electron chi connectivity index (χ1n) is 5.03. The van der Waals surface area contributed by atoms with Crippen molar-refractivity contribution in [2.75, 3.05) is 0 Å². The Balaban J connectivity index is 2.55. The van der Waals surface area contributed by atoms with Crippen LogP contribution in [0.25, 0.3) is 10.9 Å². The fourth-order valence-electron chi connectivity index (χ4n) is 1.61. The maximum absolute atomic E-state index is 8.42. The van der Waals surface area contributed by atoms with Gasteiger partial charge in [-0.15, -0.1) is 0 Å². The summed E-state index contributed by atoms with van der Waals surface area (Å²) >= 11 is 0. The molecule has 0 aliphatic carbocycles. The molecular formula is C14H10N2. The number of benzene rings is 1. The van der Waals surface area contributed by atoms with Crippen molar-refractivity contribution in [2.24, 2.45) is 0 Å². The maximum Gasteiger partial charge on any atom is 0.0966 e. The highest BCUT2D eigenvalue weighted by atomic mass is 14.6. The van der Waals surface area contributed by atoms with E-state index >= 15 is 0 Å². The number of nitrogens with zero attached hydrogens (tertiary/aromatic N) is 2. The summed E-state index contributed by atoms with van der Waals surface area (Å²) in [4.78, 5) is 4.34. The van der Waals surface area contributed by atoms with E-state index in [-0.39, 0.29) is 6.42 Å². The molecule has 0 radical (unpaired) electrons. The van der Waals surface area contributed by atoms with Gasteiger partial charge >= 0.3 is 0 Å². The lowest BCUT2D eigenvalue weighted by molar-refractivity contribution is 1.35. The summed E-state index contributed by atoms with van der Waals surface area (Å²) in [5, 5.41) is 9.54. The van der Waals surface area contributed by atoms with Crippen molar-refractivity contribution in [3.63, 3.8) is 0 Å². The Kier molecular flexibility index (Phi) is 2.85. The summed E-state index contributed by atoms with van der Waals surface area (Å²) in [6, 6.07) is 9.94. The largest absolute Gasteiger partial charge is 0.256 e. The van der Waals surface area contributed by atoms with Crippen molar-refractivity contribution in [1.82, 2.24) is 4.98 Å². The molecule has 1 aromatic heterocycles. The van der Waals surface area contributed by atoms with Gasteiger partial charge in [0.1, 0.15) is 0 Å². The van der Waals surface area contributed by atoms with Crippen LogP contribution in [-0.4, -0.2) is 4.98 Å². The smallest absolute Gasteiger partial charge is 0.0966 e. The number of pyridine rings is 1. The number of hydrogen-bond acceptors (Lipinski definition) is 2. The molecule has 0 saturated carbocycles. The van der Waals surface area contributed by atoms with Crippen LogP contribution in [-0.2, 0) is 0 Å². The van der Waals surface area contributed by atoms with E-state index in [9.17, 15) is 0 Å². The third-order valence-electron chi connectivity index (χ3n) is 2.42. The van der Waals surface area contributed by atoms with Gasteiger partial charge in [-0.25, -0.2) is 0 Å². The molecule has 0 unspecified atom stereocenters. The molecule has 0 N–H and O–H groups in total. The van der Waals surface area contributed by atoms with Crippen LogP contribution >= 0.6 is 0 Å². The molecule has 0 atom stereocenters. The van der Waals surface area contributed by atoms with Gasteiger partial charge < -0.3 is 0 Å². The number of fused-ring (bicyclic) bond motifs is 1. The first-order chi connectivity index (χ1) is 7.83. The highest BCUT2D eigenvalue weighted by Gasteiger charge is 2.01. The summed E-state index contributed by atoms with van der Waals surface area (Å²) in [5.41, 5.74) is 3.00. The molecule has 2 aromatic rings. The molecule has 0 spiro atoms. The molecule has 0 saturated heterocycles. The molecule has 1 heterocycles. The first kappa shape index (κ1) is 10.2. The van der Waals surface area contributed by atoms with Crippen LogP contribution in [0, 0.1) is 30.1 Å². The van der Waals surface area contributed by atoms with Crippen LogP contribution in [0.5, 0.6) is 0 Å². The number of rotatable bonds is 0. The minimum Gasteiger partial charge on any atom is -0.256 e. The average molecular weight is 206 g/mol. The Hall–Kier alpha value is -2.32. The van der Waals surface area contributed by atoms with E-state index in [0.29, 0.717) is 0 Å². The molecule has 0 amide bonds. The second kappa shape index (κ2) is 4.47. The van der Waals surface area contributed by atoms with E-state index in [0.717, 1.165) is 22.0 Å². The fraction of sp³-hybridized carbons (Fsp3) is 0.143. The first-order valence-corrected chi connectivity index (χ1v) is 5.03. The normalized spacial score (nSPS) is 9.25. The lowest BCUT2D eigenvalue weighted by Crippen LogP contribution is -1.87. The molecule has 2 nitrogen and oxygen atoms in total. The van der Waals surface area contributed by atoms with Gasteiger partial charge in [0.05, 0.1) is 18.0 Å². The minimum atomic E-state index is 0.264. The van der Waals surface area contributed by atoms with Gasteiger partial charge in [-0.1, -0.05) is 24.0 Å². The monoisotopic (exact) mass is 206 g/mol. The van der Waals surface area contributed by atoms with Crippen molar-refractivity contribution in [2.45, 2.75) is 13.3 Å². The number of nitriles is 1. The second-order valence-electron chi connectivity index (χ2n) is 3.45. The molecule has 2 rings (SSSR count). The predicted molar refractivity (Wildman–Crippen MR) is 63.6 cm³/mol. The Labute approximate surface area is 94.5 Å². The van der Waals surface area contributed by atoms with E-state index in [1.165, 1.54) is 0 Å². The van der Waals surface area contributed by atoms with Crippen molar-refractivity contribution in [3.8, 4) is 17.9 Å². The van der Waals surface area contributed by atoms with E-state index in [4.69, 9.17) is 5.26 Å². The van der Waals surface area contributed by atoms with Crippen LogP contribution in [0.15, 0.2) is 30.5 Å². The van der Waals surface area contributed by atoms with Gasteiger partial charge in [-0.05, 0) is 24.6 Å². The SMILES string of the molecule is Cc1c(C#CCC#N)ccc2cccnc12. The molecule has 16 heavy (non-hydrogen) atoms. The molecule has 2 heteroatoms. The summed E-state index contributed by atoms with van der Waals surface area (Å²) < 4.78 is 0. The van der Waals surface area contributed by atoms with E-state index in [2.05, 4.69) is 16.8 Å². The highest BCUT2D eigenvalue weighted by Crippen LogP contribution is 2.18. The third-order valence-corrected chi connectivity index (χ3v) is 2.42. The zero-order valence-electron chi connectivity index (χ0n) is 8.99. The van der Waals surface area contributed by atoms with Crippen molar-refractivity contribution < 1.29 is 0 Å². The van der Waals surface area contributed by atoms with Gasteiger partial charge in [0.25, 0.3) is 0 Å². The molecule has 0 aliphatic rings. The number of hydrogen-bond donors (Lipinski definition) is 0. The molecule has 0 bridgehead atoms. The summed E-state index contributed by atoms with van der Waals surface area (Å²) in [6.07, 6.45) is 2.04. The molecule has 1 aromatic carbocycles. The van der Waals surface area contributed by atoms with Crippen molar-refractivity contribution >= 4 is 10.9 Å². The lowest BCUT2D eigenvalue weighted by Gasteiger charge is -2.02. The zero-order valence-corrected chi connectivity index (χ0v) is 8.99. The number of aromatic nitrogens is 1. The van der Waals surface area contributed by atoms with Gasteiger partial charge in [-0.3, -0.25) is 4.98 Å². The predicted octanol–water partition coefficient (Wildman–Crippen LogP) is 2.81. The van der Waals surface area contributed by atoms with Crippen LogP contribution < -0.4 is 0 Å². The van der Waals surface area contributed by atoms with Gasteiger partial charge in [0, 0.05) is 17.1 Å². The standard InChI is InChI=1S/C14H10N2/c1-11-12(5-2-3-9-15)7-8-13-6-4-10-16-14(11)13/h4,6-8,10H,3H2,1H3. The summed E-state index contributed by atoms with van der Waals surface area (Å²) in [6.45, 7) is 2.01. The summed E-state index contributed by atoms with van der Waals surface area (Å²) in [5.74, 6) is 5.81. The van der Waals surface area contributed by atoms with Crippen LogP contribution in [0.1, 0.15) is 17.5 Å². The Bertz CT molecular complexity index is 624. The van der Waals surface area contributed by atoms with Crippen molar-refractivity contribution in [3.05, 3.63) is 41.6 Å². The van der Waals surface area contributed by atoms with E-state index < -0.39 is 0 Å². The Morgan fingerprint density at radius 2 is 2.19 bits per heavy atom. The maximum atomic E-state index is 8.42. The molecule has 0 aliphatic heterocycles. The highest BCUT2D eigenvalue weighted by molar-refractivity contribution is 5.83. The number of aryl methyl sites for hydroxylation is 1. The van der Waals surface area contributed by atoms with Crippen molar-refractivity contribution in [1.29, 1.82) is 5.26 Å². The average Bonchev–Trinajstić information content (AvgIpc) is 2.33. The minimum absolute atomic E-state index is 0.264. The Morgan fingerprint density at radius 3 is 3.00 bits per heavy atom. The quantitative estimate of drug-likeness (QED) is 0.621. The molecule has 76 valence electrons. The summed E-state index contributed by atoms with van der Waals surface area (Å²) in [7, 11) is 0.